The van der Waals surface area contributed by atoms with Gasteiger partial charge in [-0.2, -0.15) is 0 Å². The van der Waals surface area contributed by atoms with Gasteiger partial charge in [-0.25, -0.2) is 0 Å². The standard InChI is InChI=1S/C14H17NO/c16-14-9-5-4-8-13(15-14)11-10-12-6-2-1-3-7-12/h1-3,6-7,10-11,13H,4-5,8-9H2,(H,15,16). The summed E-state index contributed by atoms with van der Waals surface area (Å²) in [7, 11) is 0. The Kier molecular flexibility index (Phi) is 3.76. The zero-order valence-electron chi connectivity index (χ0n) is 9.36. The van der Waals surface area contributed by atoms with Crippen LogP contribution in [0.3, 0.4) is 0 Å². The molecular weight excluding hydrogens is 198 g/mol. The van der Waals surface area contributed by atoms with E-state index in [0.29, 0.717) is 6.42 Å². The number of amides is 1. The quantitative estimate of drug-likeness (QED) is 0.807. The highest BCUT2D eigenvalue weighted by Gasteiger charge is 2.13. The predicted octanol–water partition coefficient (Wildman–Crippen LogP) is 2.76. The van der Waals surface area contributed by atoms with Crippen molar-refractivity contribution in [2.45, 2.75) is 31.7 Å². The summed E-state index contributed by atoms with van der Waals surface area (Å²) in [5.41, 5.74) is 1.18. The Labute approximate surface area is 96.4 Å². The molecule has 2 heteroatoms. The molecule has 2 rings (SSSR count). The van der Waals surface area contributed by atoms with Crippen LogP contribution in [-0.4, -0.2) is 11.9 Å². The minimum absolute atomic E-state index is 0.181. The topological polar surface area (TPSA) is 29.1 Å². The number of nitrogens with one attached hydrogen (secondary N) is 1. The van der Waals surface area contributed by atoms with E-state index in [1.54, 1.807) is 0 Å². The lowest BCUT2D eigenvalue weighted by molar-refractivity contribution is -0.121. The summed E-state index contributed by atoms with van der Waals surface area (Å²) in [5, 5.41) is 3.02. The van der Waals surface area contributed by atoms with E-state index in [-0.39, 0.29) is 11.9 Å². The number of hydrogen-bond donors (Lipinski definition) is 1. The molecule has 1 atom stereocenters. The molecule has 1 fully saturated rings. The van der Waals surface area contributed by atoms with E-state index in [9.17, 15) is 4.79 Å². The second-order valence-corrected chi connectivity index (χ2v) is 4.19. The largest absolute Gasteiger partial charge is 0.350 e. The van der Waals surface area contributed by atoms with Crippen molar-refractivity contribution in [3.63, 3.8) is 0 Å². The van der Waals surface area contributed by atoms with Crippen molar-refractivity contribution in [2.24, 2.45) is 0 Å². The van der Waals surface area contributed by atoms with Gasteiger partial charge in [0.05, 0.1) is 0 Å². The average Bonchev–Trinajstić information content (AvgIpc) is 2.52. The molecule has 1 aliphatic heterocycles. The summed E-state index contributed by atoms with van der Waals surface area (Å²) in [4.78, 5) is 11.4. The van der Waals surface area contributed by atoms with E-state index in [1.165, 1.54) is 5.56 Å². The maximum Gasteiger partial charge on any atom is 0.220 e. The van der Waals surface area contributed by atoms with Crippen LogP contribution in [0.1, 0.15) is 31.2 Å². The lowest BCUT2D eigenvalue weighted by Crippen LogP contribution is -2.30. The first-order chi connectivity index (χ1) is 7.84. The van der Waals surface area contributed by atoms with Gasteiger partial charge in [0.2, 0.25) is 5.91 Å². The first kappa shape index (κ1) is 10.9. The second-order valence-electron chi connectivity index (χ2n) is 4.19. The van der Waals surface area contributed by atoms with Crippen molar-refractivity contribution < 1.29 is 4.79 Å². The molecule has 0 spiro atoms. The number of rotatable bonds is 2. The third kappa shape index (κ3) is 3.23. The maximum absolute atomic E-state index is 11.4. The van der Waals surface area contributed by atoms with Crippen LogP contribution in [0.25, 0.3) is 6.08 Å². The normalized spacial score (nSPS) is 21.8. The molecule has 1 amide bonds. The Morgan fingerprint density at radius 3 is 2.81 bits per heavy atom. The summed E-state index contributed by atoms with van der Waals surface area (Å²) in [6.07, 6.45) is 8.05. The molecule has 1 saturated heterocycles. The van der Waals surface area contributed by atoms with Gasteiger partial charge in [0, 0.05) is 12.5 Å². The molecule has 1 N–H and O–H groups in total. The fourth-order valence-electron chi connectivity index (χ4n) is 1.94. The Balaban J connectivity index is 1.98. The van der Waals surface area contributed by atoms with Crippen LogP contribution in [0.5, 0.6) is 0 Å². The number of benzene rings is 1. The number of carbonyl (C=O) groups excluding carboxylic acids is 1. The van der Waals surface area contributed by atoms with E-state index in [1.807, 2.05) is 18.2 Å². The van der Waals surface area contributed by atoms with Crippen LogP contribution in [-0.2, 0) is 4.79 Å². The SMILES string of the molecule is O=C1CCCCC(C=Cc2ccccc2)N1. The van der Waals surface area contributed by atoms with Crippen LogP contribution in [0, 0.1) is 0 Å². The Bertz CT molecular complexity index is 370. The fraction of sp³-hybridized carbons (Fsp3) is 0.357. The van der Waals surface area contributed by atoms with Gasteiger partial charge in [0.15, 0.2) is 0 Å². The molecular formula is C14H17NO. The summed E-state index contributed by atoms with van der Waals surface area (Å²) in [6, 6.07) is 10.4. The van der Waals surface area contributed by atoms with Gasteiger partial charge >= 0.3 is 0 Å². The zero-order valence-corrected chi connectivity index (χ0v) is 9.36. The molecule has 1 aromatic rings. The van der Waals surface area contributed by atoms with Crippen LogP contribution in [0.15, 0.2) is 36.4 Å². The molecule has 2 nitrogen and oxygen atoms in total. The molecule has 1 aromatic carbocycles. The molecule has 0 saturated carbocycles. The van der Waals surface area contributed by atoms with Crippen LogP contribution in [0.4, 0.5) is 0 Å². The van der Waals surface area contributed by atoms with Crippen LogP contribution < -0.4 is 5.32 Å². The lowest BCUT2D eigenvalue weighted by atomic mass is 10.1. The highest BCUT2D eigenvalue weighted by Crippen LogP contribution is 2.11. The van der Waals surface area contributed by atoms with Crippen molar-refractivity contribution in [3.8, 4) is 0 Å². The Morgan fingerprint density at radius 2 is 2.00 bits per heavy atom. The summed E-state index contributed by atoms with van der Waals surface area (Å²) < 4.78 is 0. The van der Waals surface area contributed by atoms with E-state index < -0.39 is 0 Å². The molecule has 1 aliphatic rings. The van der Waals surface area contributed by atoms with Gasteiger partial charge in [-0.05, 0) is 18.4 Å². The van der Waals surface area contributed by atoms with Crippen molar-refractivity contribution in [3.05, 3.63) is 42.0 Å². The molecule has 1 unspecified atom stereocenters. The fourth-order valence-corrected chi connectivity index (χ4v) is 1.94. The van der Waals surface area contributed by atoms with Gasteiger partial charge in [-0.1, -0.05) is 48.9 Å². The number of carbonyl (C=O) groups is 1. The summed E-state index contributed by atoms with van der Waals surface area (Å²) in [6.45, 7) is 0. The zero-order chi connectivity index (χ0) is 11.2. The molecule has 0 radical (unpaired) electrons. The maximum atomic E-state index is 11.4. The van der Waals surface area contributed by atoms with Gasteiger partial charge in [0.25, 0.3) is 0 Å². The summed E-state index contributed by atoms with van der Waals surface area (Å²) >= 11 is 0. The third-order valence-corrected chi connectivity index (χ3v) is 2.84. The van der Waals surface area contributed by atoms with E-state index >= 15 is 0 Å². The minimum Gasteiger partial charge on any atom is -0.350 e. The first-order valence-corrected chi connectivity index (χ1v) is 5.87. The molecule has 16 heavy (non-hydrogen) atoms. The van der Waals surface area contributed by atoms with E-state index in [2.05, 4.69) is 29.6 Å². The van der Waals surface area contributed by atoms with Crippen molar-refractivity contribution >= 4 is 12.0 Å². The molecule has 0 bridgehead atoms. The summed E-state index contributed by atoms with van der Waals surface area (Å²) in [5.74, 6) is 0.181. The first-order valence-electron chi connectivity index (χ1n) is 5.87. The Hall–Kier alpha value is -1.57. The lowest BCUT2D eigenvalue weighted by Gasteiger charge is -2.10. The van der Waals surface area contributed by atoms with Crippen molar-refractivity contribution in [2.75, 3.05) is 0 Å². The molecule has 1 heterocycles. The average molecular weight is 215 g/mol. The van der Waals surface area contributed by atoms with Crippen molar-refractivity contribution in [1.82, 2.24) is 5.32 Å². The molecule has 84 valence electrons. The predicted molar refractivity (Wildman–Crippen MR) is 65.9 cm³/mol. The second kappa shape index (κ2) is 5.50. The highest BCUT2D eigenvalue weighted by molar-refractivity contribution is 5.76. The van der Waals surface area contributed by atoms with Gasteiger partial charge in [0.1, 0.15) is 0 Å². The van der Waals surface area contributed by atoms with E-state index in [0.717, 1.165) is 19.3 Å². The van der Waals surface area contributed by atoms with Crippen molar-refractivity contribution in [1.29, 1.82) is 0 Å². The smallest absolute Gasteiger partial charge is 0.220 e. The number of hydrogen-bond acceptors (Lipinski definition) is 1. The van der Waals surface area contributed by atoms with Gasteiger partial charge < -0.3 is 5.32 Å². The van der Waals surface area contributed by atoms with Gasteiger partial charge in [-0.15, -0.1) is 0 Å². The molecule has 0 aliphatic carbocycles. The Morgan fingerprint density at radius 1 is 1.19 bits per heavy atom. The van der Waals surface area contributed by atoms with Crippen LogP contribution in [0.2, 0.25) is 0 Å². The van der Waals surface area contributed by atoms with Crippen LogP contribution >= 0.6 is 0 Å². The highest BCUT2D eigenvalue weighted by atomic mass is 16.1. The third-order valence-electron chi connectivity index (χ3n) is 2.84. The molecule has 0 aromatic heterocycles. The van der Waals surface area contributed by atoms with E-state index in [4.69, 9.17) is 0 Å². The minimum atomic E-state index is 0.181. The monoisotopic (exact) mass is 215 g/mol. The van der Waals surface area contributed by atoms with Gasteiger partial charge in [-0.3, -0.25) is 4.79 Å².